The number of hydrogen-bond acceptors (Lipinski definition) is 9. The van der Waals surface area contributed by atoms with Crippen molar-refractivity contribution in [2.24, 2.45) is 11.7 Å². The zero-order valence-corrected chi connectivity index (χ0v) is 18.3. The second-order valence-corrected chi connectivity index (χ2v) is 8.99. The Morgan fingerprint density at radius 2 is 2.13 bits per heavy atom. The van der Waals surface area contributed by atoms with Crippen LogP contribution in [0.3, 0.4) is 0 Å². The number of ether oxygens (including phenoxy) is 1. The molecule has 3 rings (SSSR count). The summed E-state index contributed by atoms with van der Waals surface area (Å²) in [6.45, 7) is 3.96. The van der Waals surface area contributed by atoms with Crippen LogP contribution >= 0.6 is 22.7 Å². The lowest BCUT2D eigenvalue weighted by Crippen LogP contribution is -2.32. The molecule has 0 aromatic carbocycles. The Bertz CT molecular complexity index is 1150. The summed E-state index contributed by atoms with van der Waals surface area (Å²) in [5.74, 6) is -0.670. The molecule has 3 heterocycles. The molecule has 0 aliphatic heterocycles. The number of thiophene rings is 2. The average Bonchev–Trinajstić information content (AvgIpc) is 3.34. The maximum atomic E-state index is 12.3. The van der Waals surface area contributed by atoms with Crippen molar-refractivity contribution in [3.05, 3.63) is 28.0 Å². The van der Waals surface area contributed by atoms with E-state index in [4.69, 9.17) is 16.2 Å². The molecule has 0 unspecified atom stereocenters. The SMILES string of the molecule is COC(=O)[C@H](CC(C)C)Nc1nc2sc(C(N)=O)c(N)c2c(-c2cccs2)c1C#N. The first kappa shape index (κ1) is 21.5. The first-order chi connectivity index (χ1) is 14.3. The zero-order chi connectivity index (χ0) is 22.0. The summed E-state index contributed by atoms with van der Waals surface area (Å²) < 4.78 is 4.91. The highest BCUT2D eigenvalue weighted by Crippen LogP contribution is 2.44. The summed E-state index contributed by atoms with van der Waals surface area (Å²) in [5, 5.41) is 15.5. The standard InChI is InChI=1S/C20H21N5O3S2/c1-9(2)7-11(20(27)28-3)24-18-10(8-21)13(12-5-4-6-29-12)14-15(22)16(17(23)26)30-19(14)25-18/h4-6,9,11H,7,22H2,1-3H3,(H2,23,26)(H,24,25)/t11-/m0/s1. The Morgan fingerprint density at radius 1 is 1.40 bits per heavy atom. The van der Waals surface area contributed by atoms with Gasteiger partial charge in [-0.05, 0) is 23.8 Å². The van der Waals surface area contributed by atoms with Gasteiger partial charge in [-0.3, -0.25) is 4.79 Å². The van der Waals surface area contributed by atoms with Crippen molar-refractivity contribution >= 4 is 56.3 Å². The van der Waals surface area contributed by atoms with Gasteiger partial charge in [-0.2, -0.15) is 5.26 Å². The number of rotatable bonds is 7. The molecule has 156 valence electrons. The molecule has 8 nitrogen and oxygen atoms in total. The van der Waals surface area contributed by atoms with E-state index in [2.05, 4.69) is 16.4 Å². The summed E-state index contributed by atoms with van der Waals surface area (Å²) >= 11 is 2.49. The first-order valence-electron chi connectivity index (χ1n) is 9.12. The van der Waals surface area contributed by atoms with Crippen LogP contribution in [0.5, 0.6) is 0 Å². The predicted octanol–water partition coefficient (Wildman–Crippen LogP) is 3.58. The summed E-state index contributed by atoms with van der Waals surface area (Å²) in [6, 6.07) is 5.22. The second-order valence-electron chi connectivity index (χ2n) is 7.04. The quantitative estimate of drug-likeness (QED) is 0.473. The Labute approximate surface area is 181 Å². The van der Waals surface area contributed by atoms with Crippen LogP contribution in [0.2, 0.25) is 0 Å². The number of carbonyl (C=O) groups is 2. The number of nitrogens with two attached hydrogens (primary N) is 2. The Morgan fingerprint density at radius 3 is 2.67 bits per heavy atom. The monoisotopic (exact) mass is 443 g/mol. The van der Waals surface area contributed by atoms with Gasteiger partial charge in [-0.25, -0.2) is 9.78 Å². The number of primary amides is 1. The van der Waals surface area contributed by atoms with Gasteiger partial charge < -0.3 is 21.5 Å². The molecule has 0 saturated heterocycles. The molecular weight excluding hydrogens is 422 g/mol. The van der Waals surface area contributed by atoms with Gasteiger partial charge >= 0.3 is 5.97 Å². The molecule has 0 fully saturated rings. The van der Waals surface area contributed by atoms with Crippen LogP contribution in [-0.2, 0) is 9.53 Å². The molecule has 10 heteroatoms. The number of pyridine rings is 1. The number of carbonyl (C=O) groups excluding carboxylic acids is 2. The number of nitrogens with one attached hydrogen (secondary N) is 1. The number of methoxy groups -OCH3 is 1. The summed E-state index contributed by atoms with van der Waals surface area (Å²) in [4.78, 5) is 30.1. The van der Waals surface area contributed by atoms with E-state index in [9.17, 15) is 14.9 Å². The van der Waals surface area contributed by atoms with Crippen molar-refractivity contribution in [1.29, 1.82) is 5.26 Å². The van der Waals surface area contributed by atoms with E-state index < -0.39 is 17.9 Å². The maximum Gasteiger partial charge on any atom is 0.328 e. The Hall–Kier alpha value is -3.16. The van der Waals surface area contributed by atoms with Gasteiger partial charge in [-0.15, -0.1) is 22.7 Å². The van der Waals surface area contributed by atoms with Crippen LogP contribution in [0.4, 0.5) is 11.5 Å². The van der Waals surface area contributed by atoms with Crippen molar-refractivity contribution < 1.29 is 14.3 Å². The highest BCUT2D eigenvalue weighted by molar-refractivity contribution is 7.21. The third-order valence-corrected chi connectivity index (χ3v) is 6.48. The van der Waals surface area contributed by atoms with Crippen molar-refractivity contribution in [1.82, 2.24) is 4.98 Å². The maximum absolute atomic E-state index is 12.3. The largest absolute Gasteiger partial charge is 0.467 e. The number of amides is 1. The van der Waals surface area contributed by atoms with E-state index in [-0.39, 0.29) is 27.9 Å². The minimum atomic E-state index is -0.684. The van der Waals surface area contributed by atoms with E-state index in [0.717, 1.165) is 16.2 Å². The van der Waals surface area contributed by atoms with Gasteiger partial charge in [0.1, 0.15) is 33.2 Å². The van der Waals surface area contributed by atoms with Gasteiger partial charge in [0, 0.05) is 15.8 Å². The van der Waals surface area contributed by atoms with Crippen molar-refractivity contribution in [3.8, 4) is 16.5 Å². The number of nitriles is 1. The van der Waals surface area contributed by atoms with Gasteiger partial charge in [0.05, 0.1) is 12.8 Å². The van der Waals surface area contributed by atoms with Crippen molar-refractivity contribution in [2.75, 3.05) is 18.2 Å². The minimum Gasteiger partial charge on any atom is -0.467 e. The van der Waals surface area contributed by atoms with E-state index in [1.54, 1.807) is 0 Å². The van der Waals surface area contributed by atoms with Crippen LogP contribution in [0.15, 0.2) is 17.5 Å². The summed E-state index contributed by atoms with van der Waals surface area (Å²) in [7, 11) is 1.31. The average molecular weight is 444 g/mol. The van der Waals surface area contributed by atoms with Crippen LogP contribution < -0.4 is 16.8 Å². The number of esters is 1. The third kappa shape index (κ3) is 3.94. The number of nitrogens with zero attached hydrogens (tertiary/aromatic N) is 2. The number of nitrogen functional groups attached to an aromatic ring is 1. The molecule has 30 heavy (non-hydrogen) atoms. The summed E-state index contributed by atoms with van der Waals surface area (Å²) in [5.41, 5.74) is 12.7. The second kappa shape index (κ2) is 8.69. The smallest absolute Gasteiger partial charge is 0.328 e. The highest BCUT2D eigenvalue weighted by Gasteiger charge is 2.27. The first-order valence-corrected chi connectivity index (χ1v) is 10.8. The van der Waals surface area contributed by atoms with E-state index in [0.29, 0.717) is 22.2 Å². The fraction of sp³-hybridized carbons (Fsp3) is 0.300. The van der Waals surface area contributed by atoms with Crippen LogP contribution in [0, 0.1) is 17.2 Å². The van der Waals surface area contributed by atoms with E-state index in [1.807, 2.05) is 31.4 Å². The molecule has 0 aliphatic carbocycles. The molecular formula is C20H21N5O3S2. The van der Waals surface area contributed by atoms with Crippen molar-refractivity contribution in [2.45, 2.75) is 26.3 Å². The Balaban J connectivity index is 2.29. The molecule has 0 saturated carbocycles. The Kier molecular flexibility index (Phi) is 6.24. The lowest BCUT2D eigenvalue weighted by molar-refractivity contribution is -0.141. The van der Waals surface area contributed by atoms with Crippen molar-refractivity contribution in [3.63, 3.8) is 0 Å². The van der Waals surface area contributed by atoms with Gasteiger partial charge in [0.2, 0.25) is 0 Å². The van der Waals surface area contributed by atoms with Gasteiger partial charge in [0.25, 0.3) is 5.91 Å². The molecule has 3 aromatic rings. The van der Waals surface area contributed by atoms with Crippen LogP contribution in [0.25, 0.3) is 20.7 Å². The number of fused-ring (bicyclic) bond motifs is 1. The molecule has 0 radical (unpaired) electrons. The number of anilines is 2. The van der Waals surface area contributed by atoms with Crippen LogP contribution in [0.1, 0.15) is 35.5 Å². The molecule has 3 aromatic heterocycles. The third-order valence-electron chi connectivity index (χ3n) is 4.48. The normalized spacial score (nSPS) is 12.0. The molecule has 1 atom stereocenters. The molecule has 0 aliphatic rings. The zero-order valence-electron chi connectivity index (χ0n) is 16.7. The molecule has 0 bridgehead atoms. The molecule has 5 N–H and O–H groups in total. The molecule has 0 spiro atoms. The fourth-order valence-electron chi connectivity index (χ4n) is 3.21. The van der Waals surface area contributed by atoms with Gasteiger partial charge in [-0.1, -0.05) is 19.9 Å². The fourth-order valence-corrected chi connectivity index (χ4v) is 4.95. The molecule has 1 amide bonds. The lowest BCUT2D eigenvalue weighted by atomic mass is 10.0. The lowest BCUT2D eigenvalue weighted by Gasteiger charge is -2.20. The highest BCUT2D eigenvalue weighted by atomic mass is 32.1. The van der Waals surface area contributed by atoms with Crippen LogP contribution in [-0.4, -0.2) is 30.0 Å². The topological polar surface area (TPSA) is 144 Å². The summed E-state index contributed by atoms with van der Waals surface area (Å²) in [6.07, 6.45) is 0.491. The predicted molar refractivity (Wildman–Crippen MR) is 119 cm³/mol. The van der Waals surface area contributed by atoms with E-state index >= 15 is 0 Å². The van der Waals surface area contributed by atoms with Gasteiger partial charge in [0.15, 0.2) is 0 Å². The van der Waals surface area contributed by atoms with E-state index in [1.165, 1.54) is 18.4 Å². The number of aromatic nitrogens is 1. The number of hydrogen-bond donors (Lipinski definition) is 3. The minimum absolute atomic E-state index is 0.183.